The number of alkyl halides is 2. The maximum atomic E-state index is 14.0. The summed E-state index contributed by atoms with van der Waals surface area (Å²) in [6, 6.07) is 0. The minimum absolute atomic E-state index is 0.0382. The normalized spacial score (nSPS) is 28.8. The van der Waals surface area contributed by atoms with Crippen molar-refractivity contribution in [2.45, 2.75) is 70.3 Å². The molecule has 0 aliphatic heterocycles. The first-order valence-electron chi connectivity index (χ1n) is 7.14. The van der Waals surface area contributed by atoms with Crippen molar-refractivity contribution in [3.8, 4) is 0 Å². The Morgan fingerprint density at radius 1 is 1.37 bits per heavy atom. The number of halogens is 2. The Bertz CT molecular complexity index is 307. The molecule has 2 unspecified atom stereocenters. The van der Waals surface area contributed by atoms with Crippen LogP contribution < -0.4 is 0 Å². The largest absolute Gasteiger partial charge is 0.461 e. The molecule has 3 nitrogen and oxygen atoms in total. The van der Waals surface area contributed by atoms with Crippen molar-refractivity contribution in [1.29, 1.82) is 0 Å². The van der Waals surface area contributed by atoms with Crippen molar-refractivity contribution in [1.82, 2.24) is 0 Å². The molecule has 0 saturated heterocycles. The SMILES string of the molecule is CCCC1CCCC(O)(C(F)(F)C(=O)OCC)CC1. The molecule has 0 radical (unpaired) electrons. The maximum Gasteiger partial charge on any atom is 0.380 e. The van der Waals surface area contributed by atoms with E-state index in [9.17, 15) is 18.7 Å². The van der Waals surface area contributed by atoms with Gasteiger partial charge in [0, 0.05) is 0 Å². The molecule has 0 aromatic carbocycles. The molecule has 1 fully saturated rings. The lowest BCUT2D eigenvalue weighted by molar-refractivity contribution is -0.216. The molecule has 0 bridgehead atoms. The average Bonchev–Trinajstić information content (AvgIpc) is 2.54. The van der Waals surface area contributed by atoms with Crippen molar-refractivity contribution < 1.29 is 23.4 Å². The summed E-state index contributed by atoms with van der Waals surface area (Å²) >= 11 is 0. The summed E-state index contributed by atoms with van der Waals surface area (Å²) in [6.07, 6.45) is 3.82. The number of ether oxygens (including phenoxy) is 1. The second-order valence-corrected chi connectivity index (χ2v) is 5.41. The third kappa shape index (κ3) is 3.65. The van der Waals surface area contributed by atoms with E-state index in [0.717, 1.165) is 19.3 Å². The molecule has 1 aliphatic carbocycles. The van der Waals surface area contributed by atoms with E-state index in [4.69, 9.17) is 0 Å². The molecule has 19 heavy (non-hydrogen) atoms. The average molecular weight is 278 g/mol. The highest BCUT2D eigenvalue weighted by molar-refractivity contribution is 5.79. The monoisotopic (exact) mass is 278 g/mol. The minimum Gasteiger partial charge on any atom is -0.461 e. The zero-order valence-electron chi connectivity index (χ0n) is 11.8. The van der Waals surface area contributed by atoms with Crippen LogP contribution in [0.5, 0.6) is 0 Å². The number of carbonyl (C=O) groups is 1. The van der Waals surface area contributed by atoms with Gasteiger partial charge in [-0.25, -0.2) is 4.79 Å². The van der Waals surface area contributed by atoms with Gasteiger partial charge in [-0.05, 0) is 32.1 Å². The van der Waals surface area contributed by atoms with E-state index in [1.807, 2.05) is 0 Å². The molecule has 0 heterocycles. The van der Waals surface area contributed by atoms with E-state index in [0.29, 0.717) is 18.8 Å². The molecular formula is C14H24F2O3. The Kier molecular flexibility index (Phi) is 5.71. The van der Waals surface area contributed by atoms with Crippen LogP contribution in [0.2, 0.25) is 0 Å². The first-order valence-corrected chi connectivity index (χ1v) is 7.14. The van der Waals surface area contributed by atoms with Gasteiger partial charge in [0.1, 0.15) is 5.60 Å². The Morgan fingerprint density at radius 3 is 2.63 bits per heavy atom. The fraction of sp³-hybridized carbons (Fsp3) is 0.929. The van der Waals surface area contributed by atoms with Gasteiger partial charge >= 0.3 is 11.9 Å². The molecule has 112 valence electrons. The van der Waals surface area contributed by atoms with Gasteiger partial charge in [-0.1, -0.05) is 32.6 Å². The summed E-state index contributed by atoms with van der Waals surface area (Å²) in [6.45, 7) is 3.43. The van der Waals surface area contributed by atoms with Crippen LogP contribution in [-0.4, -0.2) is 29.2 Å². The van der Waals surface area contributed by atoms with E-state index in [-0.39, 0.29) is 19.4 Å². The quantitative estimate of drug-likeness (QED) is 0.620. The van der Waals surface area contributed by atoms with Crippen molar-refractivity contribution in [2.75, 3.05) is 6.61 Å². The molecule has 1 saturated carbocycles. The second kappa shape index (κ2) is 6.64. The molecule has 1 aliphatic rings. The molecule has 0 aromatic heterocycles. The standard InChI is InChI=1S/C14H24F2O3/c1-3-6-11-7-5-9-13(18,10-8-11)14(15,16)12(17)19-4-2/h11,18H,3-10H2,1-2H3. The van der Waals surface area contributed by atoms with Crippen molar-refractivity contribution in [3.05, 3.63) is 0 Å². The third-order valence-corrected chi connectivity index (χ3v) is 3.98. The topological polar surface area (TPSA) is 46.5 Å². The molecule has 1 rings (SSSR count). The van der Waals surface area contributed by atoms with Gasteiger partial charge in [0.05, 0.1) is 6.61 Å². The molecule has 0 spiro atoms. The van der Waals surface area contributed by atoms with E-state index in [1.165, 1.54) is 6.92 Å². The Balaban J connectivity index is 2.76. The Morgan fingerprint density at radius 2 is 2.05 bits per heavy atom. The Labute approximate surface area is 113 Å². The smallest absolute Gasteiger partial charge is 0.380 e. The van der Waals surface area contributed by atoms with Crippen LogP contribution in [0.3, 0.4) is 0 Å². The lowest BCUT2D eigenvalue weighted by Gasteiger charge is -2.33. The summed E-state index contributed by atoms with van der Waals surface area (Å²) in [5, 5.41) is 10.2. The number of aliphatic hydroxyl groups is 1. The summed E-state index contributed by atoms with van der Waals surface area (Å²) in [5.41, 5.74) is -2.25. The lowest BCUT2D eigenvalue weighted by Crippen LogP contribution is -2.53. The number of rotatable bonds is 5. The van der Waals surface area contributed by atoms with Crippen LogP contribution in [0.15, 0.2) is 0 Å². The first-order chi connectivity index (χ1) is 8.87. The molecule has 2 atom stereocenters. The molecular weight excluding hydrogens is 254 g/mol. The van der Waals surface area contributed by atoms with E-state index in [2.05, 4.69) is 11.7 Å². The van der Waals surface area contributed by atoms with E-state index in [1.54, 1.807) is 0 Å². The Hall–Kier alpha value is -0.710. The van der Waals surface area contributed by atoms with Crippen molar-refractivity contribution >= 4 is 5.97 Å². The molecule has 0 aromatic rings. The fourth-order valence-corrected chi connectivity index (χ4v) is 2.82. The third-order valence-electron chi connectivity index (χ3n) is 3.98. The van der Waals surface area contributed by atoms with Crippen LogP contribution in [0.25, 0.3) is 0 Å². The zero-order valence-corrected chi connectivity index (χ0v) is 11.8. The van der Waals surface area contributed by atoms with E-state index >= 15 is 0 Å². The van der Waals surface area contributed by atoms with E-state index < -0.39 is 17.5 Å². The lowest BCUT2D eigenvalue weighted by atomic mass is 9.86. The fourth-order valence-electron chi connectivity index (χ4n) is 2.82. The van der Waals surface area contributed by atoms with Gasteiger partial charge < -0.3 is 9.84 Å². The summed E-state index contributed by atoms with van der Waals surface area (Å²) in [7, 11) is 0. The molecule has 0 amide bonds. The molecule has 1 N–H and O–H groups in total. The first kappa shape index (κ1) is 16.3. The highest BCUT2D eigenvalue weighted by Gasteiger charge is 2.59. The van der Waals surface area contributed by atoms with Crippen LogP contribution in [0, 0.1) is 5.92 Å². The van der Waals surface area contributed by atoms with Gasteiger partial charge in [0.25, 0.3) is 0 Å². The van der Waals surface area contributed by atoms with Crippen molar-refractivity contribution in [2.24, 2.45) is 5.92 Å². The molecule has 5 heteroatoms. The van der Waals surface area contributed by atoms with Crippen LogP contribution in [0.1, 0.15) is 58.8 Å². The van der Waals surface area contributed by atoms with Gasteiger partial charge in [-0.2, -0.15) is 8.78 Å². The zero-order chi connectivity index (χ0) is 14.5. The predicted molar refractivity (Wildman–Crippen MR) is 68.0 cm³/mol. The maximum absolute atomic E-state index is 14.0. The van der Waals surface area contributed by atoms with Crippen LogP contribution in [0.4, 0.5) is 8.78 Å². The number of hydrogen-bond acceptors (Lipinski definition) is 3. The second-order valence-electron chi connectivity index (χ2n) is 5.41. The highest BCUT2D eigenvalue weighted by atomic mass is 19.3. The van der Waals surface area contributed by atoms with Gasteiger partial charge in [0.15, 0.2) is 0 Å². The van der Waals surface area contributed by atoms with Gasteiger partial charge in [-0.15, -0.1) is 0 Å². The van der Waals surface area contributed by atoms with Gasteiger partial charge in [0.2, 0.25) is 0 Å². The van der Waals surface area contributed by atoms with Gasteiger partial charge in [-0.3, -0.25) is 0 Å². The van der Waals surface area contributed by atoms with Crippen LogP contribution in [-0.2, 0) is 9.53 Å². The number of esters is 1. The predicted octanol–water partition coefficient (Wildman–Crippen LogP) is 3.30. The van der Waals surface area contributed by atoms with Crippen LogP contribution >= 0.6 is 0 Å². The summed E-state index contributed by atoms with van der Waals surface area (Å²) in [4.78, 5) is 11.4. The summed E-state index contributed by atoms with van der Waals surface area (Å²) < 4.78 is 32.5. The summed E-state index contributed by atoms with van der Waals surface area (Å²) in [5.74, 6) is -5.05. The highest BCUT2D eigenvalue weighted by Crippen LogP contribution is 2.42. The van der Waals surface area contributed by atoms with Crippen molar-refractivity contribution in [3.63, 3.8) is 0 Å². The number of hydrogen-bond donors (Lipinski definition) is 1. The minimum atomic E-state index is -3.82. The number of carbonyl (C=O) groups excluding carboxylic acids is 1.